The van der Waals surface area contributed by atoms with E-state index in [1.807, 2.05) is 60.2 Å². The van der Waals surface area contributed by atoms with Crippen LogP contribution in [0.3, 0.4) is 0 Å². The topological polar surface area (TPSA) is 52.8 Å². The number of hydrogen-bond donors (Lipinski definition) is 0. The number of ether oxygens (including phenoxy) is 2. The van der Waals surface area contributed by atoms with Crippen LogP contribution in [0.1, 0.15) is 21.6 Å². The molecule has 2 aromatic carbocycles. The molecule has 3 aromatic rings. The highest BCUT2D eigenvalue weighted by Gasteiger charge is 2.08. The van der Waals surface area contributed by atoms with Crippen LogP contribution in [0.2, 0.25) is 0 Å². The van der Waals surface area contributed by atoms with Crippen molar-refractivity contribution >= 4 is 17.9 Å². The van der Waals surface area contributed by atoms with Crippen molar-refractivity contribution in [3.63, 3.8) is 0 Å². The molecule has 0 atom stereocenters. The first-order valence-corrected chi connectivity index (χ1v) is 8.17. The minimum absolute atomic E-state index is 0.372. The second-order valence-corrected chi connectivity index (χ2v) is 5.75. The van der Waals surface area contributed by atoms with Gasteiger partial charge in [0.2, 0.25) is 0 Å². The van der Waals surface area contributed by atoms with Gasteiger partial charge in [-0.2, -0.15) is 0 Å². The van der Waals surface area contributed by atoms with Crippen molar-refractivity contribution in [3.8, 4) is 11.4 Å². The summed E-state index contributed by atoms with van der Waals surface area (Å²) in [5.74, 6) is 0.439. The van der Waals surface area contributed by atoms with Gasteiger partial charge < -0.3 is 14.0 Å². The van der Waals surface area contributed by atoms with Gasteiger partial charge in [-0.25, -0.2) is 4.79 Å². The number of esters is 1. The largest absolute Gasteiger partial charge is 0.497 e. The molecule has 1 heterocycles. The Kier molecular flexibility index (Phi) is 5.17. The molecule has 5 heteroatoms. The number of benzene rings is 2. The van der Waals surface area contributed by atoms with Crippen LogP contribution in [-0.4, -0.2) is 31.0 Å². The minimum atomic E-state index is -0.372. The number of carbonyl (C=O) groups is 1. The molecule has 0 aliphatic heterocycles. The molecule has 1 aromatic heterocycles. The molecule has 0 aliphatic carbocycles. The Hall–Kier alpha value is -3.34. The zero-order valence-corrected chi connectivity index (χ0v) is 15.0. The van der Waals surface area contributed by atoms with Gasteiger partial charge in [0, 0.05) is 11.9 Å². The first kappa shape index (κ1) is 17.5. The van der Waals surface area contributed by atoms with E-state index in [-0.39, 0.29) is 5.97 Å². The van der Waals surface area contributed by atoms with Crippen molar-refractivity contribution in [2.45, 2.75) is 6.92 Å². The highest BCUT2D eigenvalue weighted by molar-refractivity contribution is 5.91. The summed E-state index contributed by atoms with van der Waals surface area (Å²) in [6.07, 6.45) is 3.76. The van der Waals surface area contributed by atoms with Crippen molar-refractivity contribution in [1.82, 2.24) is 4.57 Å². The van der Waals surface area contributed by atoms with Crippen LogP contribution < -0.4 is 4.74 Å². The molecule has 0 radical (unpaired) electrons. The minimum Gasteiger partial charge on any atom is -0.497 e. The zero-order valence-electron chi connectivity index (χ0n) is 15.0. The van der Waals surface area contributed by atoms with Crippen molar-refractivity contribution in [3.05, 3.63) is 77.6 Å². The highest BCUT2D eigenvalue weighted by Crippen LogP contribution is 2.22. The van der Waals surface area contributed by atoms with E-state index in [4.69, 9.17) is 9.47 Å². The maximum absolute atomic E-state index is 11.7. The van der Waals surface area contributed by atoms with Crippen LogP contribution in [0.25, 0.3) is 5.69 Å². The van der Waals surface area contributed by atoms with E-state index in [9.17, 15) is 4.79 Å². The molecule has 0 spiro atoms. The van der Waals surface area contributed by atoms with Crippen LogP contribution in [-0.2, 0) is 4.74 Å². The molecule has 5 nitrogen and oxygen atoms in total. The summed E-state index contributed by atoms with van der Waals surface area (Å²) in [6, 6.07) is 17.1. The fourth-order valence-corrected chi connectivity index (χ4v) is 2.61. The summed E-state index contributed by atoms with van der Waals surface area (Å²) in [6.45, 7) is 1.95. The third kappa shape index (κ3) is 3.67. The molecule has 26 heavy (non-hydrogen) atoms. The number of nitrogens with zero attached hydrogens (tertiary/aromatic N) is 2. The van der Waals surface area contributed by atoms with Gasteiger partial charge in [0.15, 0.2) is 0 Å². The molecule has 0 N–H and O–H groups in total. The summed E-state index contributed by atoms with van der Waals surface area (Å²) in [5.41, 5.74) is 4.14. The van der Waals surface area contributed by atoms with Gasteiger partial charge in [-0.3, -0.25) is 4.99 Å². The molecule has 0 fully saturated rings. The Labute approximate surface area is 152 Å². The maximum Gasteiger partial charge on any atom is 0.337 e. The molecule has 3 rings (SSSR count). The van der Waals surface area contributed by atoms with Crippen molar-refractivity contribution in [1.29, 1.82) is 0 Å². The normalized spacial score (nSPS) is 10.9. The lowest BCUT2D eigenvalue weighted by molar-refractivity contribution is 0.0601. The maximum atomic E-state index is 11.7. The molecule has 0 saturated carbocycles. The molecule has 132 valence electrons. The SMILES string of the molecule is COC(=O)c1ccc(C)c(N=Cc2cccn2-c2ccc(OC)cc2)c1. The Morgan fingerprint density at radius 2 is 1.85 bits per heavy atom. The van der Waals surface area contributed by atoms with E-state index in [2.05, 4.69) is 4.99 Å². The molecule has 0 unspecified atom stereocenters. The molecule has 0 bridgehead atoms. The zero-order chi connectivity index (χ0) is 18.5. The van der Waals surface area contributed by atoms with Crippen LogP contribution >= 0.6 is 0 Å². The highest BCUT2D eigenvalue weighted by atomic mass is 16.5. The fourth-order valence-electron chi connectivity index (χ4n) is 2.61. The smallest absolute Gasteiger partial charge is 0.337 e. The number of rotatable bonds is 5. The van der Waals surface area contributed by atoms with Gasteiger partial charge in [0.1, 0.15) is 5.75 Å². The number of aliphatic imine (C=N–C) groups is 1. The van der Waals surface area contributed by atoms with E-state index in [1.165, 1.54) is 7.11 Å². The van der Waals surface area contributed by atoms with E-state index in [0.29, 0.717) is 5.56 Å². The van der Waals surface area contributed by atoms with Crippen molar-refractivity contribution in [2.75, 3.05) is 14.2 Å². The summed E-state index contributed by atoms with van der Waals surface area (Å²) in [5, 5.41) is 0. The lowest BCUT2D eigenvalue weighted by Crippen LogP contribution is -2.01. The predicted molar refractivity (Wildman–Crippen MR) is 102 cm³/mol. The standard InChI is InChI=1S/C21H20N2O3/c1-15-6-7-16(21(24)26-3)13-20(15)22-14-18-5-4-12-23(18)17-8-10-19(25-2)11-9-17/h4-14H,1-3H3. The van der Waals surface area contributed by atoms with E-state index >= 15 is 0 Å². The van der Waals surface area contributed by atoms with Crippen LogP contribution in [0.5, 0.6) is 5.75 Å². The molecule has 0 amide bonds. The number of aryl methyl sites for hydroxylation is 1. The van der Waals surface area contributed by atoms with Gasteiger partial charge in [0.05, 0.1) is 37.4 Å². The Morgan fingerprint density at radius 3 is 2.54 bits per heavy atom. The van der Waals surface area contributed by atoms with Crippen LogP contribution in [0, 0.1) is 6.92 Å². The second kappa shape index (κ2) is 7.70. The quantitative estimate of drug-likeness (QED) is 0.509. The lowest BCUT2D eigenvalue weighted by Gasteiger charge is -2.08. The van der Waals surface area contributed by atoms with Gasteiger partial charge >= 0.3 is 5.97 Å². The number of methoxy groups -OCH3 is 2. The number of aromatic nitrogens is 1. The van der Waals surface area contributed by atoms with Crippen LogP contribution in [0.4, 0.5) is 5.69 Å². The van der Waals surface area contributed by atoms with E-state index in [0.717, 1.165) is 28.4 Å². The van der Waals surface area contributed by atoms with Crippen LogP contribution in [0.15, 0.2) is 65.8 Å². The number of hydrogen-bond acceptors (Lipinski definition) is 4. The van der Waals surface area contributed by atoms with Crippen molar-refractivity contribution in [2.24, 2.45) is 4.99 Å². The first-order chi connectivity index (χ1) is 12.6. The summed E-state index contributed by atoms with van der Waals surface area (Å²) in [4.78, 5) is 16.3. The van der Waals surface area contributed by atoms with E-state index < -0.39 is 0 Å². The van der Waals surface area contributed by atoms with Gasteiger partial charge in [-0.1, -0.05) is 6.07 Å². The van der Waals surface area contributed by atoms with Crippen molar-refractivity contribution < 1.29 is 14.3 Å². The van der Waals surface area contributed by atoms with Gasteiger partial charge in [0.25, 0.3) is 0 Å². The fraction of sp³-hybridized carbons (Fsp3) is 0.143. The summed E-state index contributed by atoms with van der Waals surface area (Å²) in [7, 11) is 3.01. The monoisotopic (exact) mass is 348 g/mol. The van der Waals surface area contributed by atoms with E-state index in [1.54, 1.807) is 25.5 Å². The predicted octanol–water partition coefficient (Wildman–Crippen LogP) is 4.33. The third-order valence-corrected chi connectivity index (χ3v) is 4.10. The summed E-state index contributed by atoms with van der Waals surface area (Å²) >= 11 is 0. The lowest BCUT2D eigenvalue weighted by atomic mass is 10.1. The molecule has 0 aliphatic rings. The molecule has 0 saturated heterocycles. The second-order valence-electron chi connectivity index (χ2n) is 5.75. The third-order valence-electron chi connectivity index (χ3n) is 4.10. The first-order valence-electron chi connectivity index (χ1n) is 8.17. The van der Waals surface area contributed by atoms with Gasteiger partial charge in [-0.05, 0) is 61.0 Å². The Balaban J connectivity index is 1.90. The molecular formula is C21H20N2O3. The Bertz CT molecular complexity index is 940. The average Bonchev–Trinajstić information content (AvgIpc) is 3.15. The molecular weight excluding hydrogens is 328 g/mol. The Morgan fingerprint density at radius 1 is 1.08 bits per heavy atom. The average molecular weight is 348 g/mol. The van der Waals surface area contributed by atoms with Gasteiger partial charge in [-0.15, -0.1) is 0 Å². The summed E-state index contributed by atoms with van der Waals surface area (Å²) < 4.78 is 12.0. The number of carbonyl (C=O) groups excluding carboxylic acids is 1.